The van der Waals surface area contributed by atoms with Gasteiger partial charge in [-0.05, 0) is 69.6 Å². The van der Waals surface area contributed by atoms with Crippen molar-refractivity contribution >= 4 is 39.8 Å². The molecule has 13 nitrogen and oxygen atoms in total. The number of hydrogen-bond donors (Lipinski definition) is 3. The standard InChI is InChI=1S/C38H60N8O5/c1-9-39-33(47)25-43(8)17-18-45(26-34(48)40-10-2)21-22-46(27-35(49)41-11-3)20-19-44(12-4)24-29-14-15-30-36(50)31-23-28(38(5,6)7)13-16-32(31)51-37(30)42-29/h13-16,23H,9-12,17-22,24-27H2,1-8H3,(H,39,47)(H,40,48)(H,41,49). The van der Waals surface area contributed by atoms with E-state index in [0.717, 1.165) is 17.8 Å². The van der Waals surface area contributed by atoms with E-state index in [0.29, 0.717) is 87.5 Å². The van der Waals surface area contributed by atoms with E-state index >= 15 is 0 Å². The highest BCUT2D eigenvalue weighted by Crippen LogP contribution is 2.26. The highest BCUT2D eigenvalue weighted by atomic mass is 16.3. The molecule has 0 spiro atoms. The third kappa shape index (κ3) is 13.3. The van der Waals surface area contributed by atoms with Crippen molar-refractivity contribution < 1.29 is 18.8 Å². The number of rotatable bonds is 21. The monoisotopic (exact) mass is 708 g/mol. The van der Waals surface area contributed by atoms with Crippen LogP contribution in [-0.4, -0.2) is 134 Å². The van der Waals surface area contributed by atoms with Crippen molar-refractivity contribution in [3.63, 3.8) is 0 Å². The number of likely N-dealkylation sites (N-methyl/N-ethyl adjacent to an activating group) is 5. The molecular weight excluding hydrogens is 648 g/mol. The second-order valence-electron chi connectivity index (χ2n) is 14.1. The Bertz CT molecular complexity index is 1650. The Labute approximate surface area is 303 Å². The molecule has 3 rings (SSSR count). The summed E-state index contributed by atoms with van der Waals surface area (Å²) in [5, 5.41) is 9.62. The molecule has 3 aromatic rings. The number of hydrogen-bond acceptors (Lipinski definition) is 10. The van der Waals surface area contributed by atoms with Gasteiger partial charge in [0.2, 0.25) is 28.9 Å². The molecule has 2 heterocycles. The zero-order valence-electron chi connectivity index (χ0n) is 32.1. The first kappa shape index (κ1) is 41.5. The van der Waals surface area contributed by atoms with Crippen LogP contribution in [0.5, 0.6) is 0 Å². The Hall–Kier alpha value is -3.91. The molecule has 0 aliphatic carbocycles. The number of amides is 3. The zero-order valence-corrected chi connectivity index (χ0v) is 32.1. The summed E-state index contributed by atoms with van der Waals surface area (Å²) < 4.78 is 6.14. The van der Waals surface area contributed by atoms with Crippen molar-refractivity contribution in [3.8, 4) is 0 Å². The van der Waals surface area contributed by atoms with Crippen molar-refractivity contribution in [1.82, 2.24) is 40.5 Å². The summed E-state index contributed by atoms with van der Waals surface area (Å²) in [4.78, 5) is 63.9. The van der Waals surface area contributed by atoms with Crippen molar-refractivity contribution in [1.29, 1.82) is 0 Å². The quantitative estimate of drug-likeness (QED) is 0.141. The van der Waals surface area contributed by atoms with Crippen LogP contribution < -0.4 is 21.4 Å². The summed E-state index contributed by atoms with van der Waals surface area (Å²) in [6, 6.07) is 9.47. The minimum absolute atomic E-state index is 0.0319. The van der Waals surface area contributed by atoms with Gasteiger partial charge < -0.3 is 20.4 Å². The maximum atomic E-state index is 13.4. The van der Waals surface area contributed by atoms with Gasteiger partial charge in [-0.2, -0.15) is 0 Å². The Morgan fingerprint density at radius 2 is 1.24 bits per heavy atom. The van der Waals surface area contributed by atoms with E-state index in [1.165, 1.54) is 0 Å². The molecule has 0 radical (unpaired) electrons. The average Bonchev–Trinajstić information content (AvgIpc) is 3.07. The van der Waals surface area contributed by atoms with Crippen molar-refractivity contribution in [2.24, 2.45) is 0 Å². The molecule has 0 atom stereocenters. The molecule has 3 N–H and O–H groups in total. The Balaban J connectivity index is 1.71. The Kier molecular flexibility index (Phi) is 16.5. The first-order valence-corrected chi connectivity index (χ1v) is 18.3. The lowest BCUT2D eigenvalue weighted by Crippen LogP contribution is -2.47. The lowest BCUT2D eigenvalue weighted by atomic mass is 9.86. The van der Waals surface area contributed by atoms with Crippen molar-refractivity contribution in [2.45, 2.75) is 60.4 Å². The number of fused-ring (bicyclic) bond motifs is 2. The van der Waals surface area contributed by atoms with Crippen molar-refractivity contribution in [3.05, 3.63) is 51.8 Å². The SMILES string of the molecule is CCNC(=O)CN(C)CCN(CCN(CCN(CC)Cc1ccc2c(=O)c3cc(C(C)(C)C)ccc3oc2n1)CC(=O)NCC)CC(=O)NCC. The number of benzene rings is 1. The first-order chi connectivity index (χ1) is 24.3. The van der Waals surface area contributed by atoms with Gasteiger partial charge in [-0.3, -0.25) is 38.8 Å². The van der Waals surface area contributed by atoms with Gasteiger partial charge in [0.25, 0.3) is 0 Å². The first-order valence-electron chi connectivity index (χ1n) is 18.3. The van der Waals surface area contributed by atoms with Gasteiger partial charge in [-0.1, -0.05) is 33.8 Å². The highest BCUT2D eigenvalue weighted by Gasteiger charge is 2.19. The largest absolute Gasteiger partial charge is 0.437 e. The molecule has 3 amide bonds. The van der Waals surface area contributed by atoms with Crippen LogP contribution in [0, 0.1) is 0 Å². The average molecular weight is 709 g/mol. The Morgan fingerprint density at radius 3 is 1.76 bits per heavy atom. The molecule has 282 valence electrons. The van der Waals surface area contributed by atoms with E-state index in [4.69, 9.17) is 9.40 Å². The van der Waals surface area contributed by atoms with Crippen LogP contribution in [0.4, 0.5) is 0 Å². The molecule has 0 bridgehead atoms. The molecule has 0 saturated carbocycles. The van der Waals surface area contributed by atoms with Gasteiger partial charge in [0.1, 0.15) is 5.58 Å². The van der Waals surface area contributed by atoms with E-state index in [2.05, 4.69) is 58.3 Å². The van der Waals surface area contributed by atoms with Crippen molar-refractivity contribution in [2.75, 3.05) is 92.1 Å². The minimum atomic E-state index is -0.0907. The summed E-state index contributed by atoms with van der Waals surface area (Å²) in [6.07, 6.45) is 0. The van der Waals surface area contributed by atoms with Gasteiger partial charge in [-0.15, -0.1) is 0 Å². The molecule has 13 heteroatoms. The second-order valence-corrected chi connectivity index (χ2v) is 14.1. The van der Waals surface area contributed by atoms with Gasteiger partial charge >= 0.3 is 0 Å². The molecule has 51 heavy (non-hydrogen) atoms. The van der Waals surface area contributed by atoms with Crippen LogP contribution in [0.3, 0.4) is 0 Å². The topological polar surface area (TPSA) is 143 Å². The van der Waals surface area contributed by atoms with Crippen LogP contribution in [0.2, 0.25) is 0 Å². The summed E-state index contributed by atoms with van der Waals surface area (Å²) in [7, 11) is 1.89. The predicted molar refractivity (Wildman–Crippen MR) is 204 cm³/mol. The molecule has 0 unspecified atom stereocenters. The van der Waals surface area contributed by atoms with E-state index in [1.807, 2.05) is 57.0 Å². The summed E-state index contributed by atoms with van der Waals surface area (Å²) in [6.45, 7) is 21.5. The van der Waals surface area contributed by atoms with Gasteiger partial charge in [0.05, 0.1) is 36.1 Å². The fraction of sp³-hybridized carbons (Fsp3) is 0.605. The predicted octanol–water partition coefficient (Wildman–Crippen LogP) is 2.40. The van der Waals surface area contributed by atoms with Gasteiger partial charge in [0.15, 0.2) is 0 Å². The summed E-state index contributed by atoms with van der Waals surface area (Å²) in [5.41, 5.74) is 2.53. The fourth-order valence-corrected chi connectivity index (χ4v) is 5.81. The van der Waals surface area contributed by atoms with E-state index in [1.54, 1.807) is 6.07 Å². The number of carbonyl (C=O) groups is 3. The second kappa shape index (κ2) is 20.2. The normalized spacial score (nSPS) is 12.1. The molecule has 0 aliphatic rings. The summed E-state index contributed by atoms with van der Waals surface area (Å²) >= 11 is 0. The lowest BCUT2D eigenvalue weighted by Gasteiger charge is -2.30. The third-order valence-corrected chi connectivity index (χ3v) is 8.82. The van der Waals surface area contributed by atoms with Crippen LogP contribution >= 0.6 is 0 Å². The lowest BCUT2D eigenvalue weighted by molar-refractivity contribution is -0.124. The van der Waals surface area contributed by atoms with Gasteiger partial charge in [-0.25, -0.2) is 4.98 Å². The Morgan fingerprint density at radius 1 is 0.706 bits per heavy atom. The van der Waals surface area contributed by atoms with Crippen LogP contribution in [0.25, 0.3) is 22.1 Å². The molecule has 2 aromatic heterocycles. The molecular formula is C38H60N8O5. The number of carbonyl (C=O) groups excluding carboxylic acids is 3. The maximum Gasteiger partial charge on any atom is 0.234 e. The van der Waals surface area contributed by atoms with E-state index in [9.17, 15) is 19.2 Å². The number of aromatic nitrogens is 1. The molecule has 0 fully saturated rings. The van der Waals surface area contributed by atoms with Gasteiger partial charge in [0, 0.05) is 65.4 Å². The molecule has 0 saturated heterocycles. The smallest absolute Gasteiger partial charge is 0.234 e. The highest BCUT2D eigenvalue weighted by molar-refractivity contribution is 5.88. The molecule has 0 aliphatic heterocycles. The maximum absolute atomic E-state index is 13.4. The number of nitrogens with zero attached hydrogens (tertiary/aromatic N) is 5. The van der Waals surface area contributed by atoms with E-state index in [-0.39, 0.29) is 48.2 Å². The van der Waals surface area contributed by atoms with Crippen LogP contribution in [0.15, 0.2) is 39.5 Å². The minimum Gasteiger partial charge on any atom is -0.437 e. The zero-order chi connectivity index (χ0) is 37.6. The number of nitrogens with one attached hydrogen (secondary N) is 3. The number of pyridine rings is 1. The van der Waals surface area contributed by atoms with Crippen LogP contribution in [0.1, 0.15) is 59.7 Å². The summed E-state index contributed by atoms with van der Waals surface area (Å²) in [5.74, 6) is -0.140. The molecule has 1 aromatic carbocycles. The van der Waals surface area contributed by atoms with E-state index < -0.39 is 0 Å². The third-order valence-electron chi connectivity index (χ3n) is 8.82. The van der Waals surface area contributed by atoms with Crippen LogP contribution in [-0.2, 0) is 26.3 Å². The fourth-order valence-electron chi connectivity index (χ4n) is 5.81.